The molecule has 1 aromatic carbocycles. The third-order valence-corrected chi connectivity index (χ3v) is 9.33. The molecule has 0 N–H and O–H groups in total. The molecule has 3 aliphatic heterocycles. The number of allylic oxidation sites excluding steroid dienone is 1. The normalized spacial score (nSPS) is 21.4. The van der Waals surface area contributed by atoms with E-state index in [1.807, 2.05) is 80.7 Å². The summed E-state index contributed by atoms with van der Waals surface area (Å²) in [7, 11) is 0. The van der Waals surface area contributed by atoms with Gasteiger partial charge in [0.2, 0.25) is 0 Å². The van der Waals surface area contributed by atoms with Gasteiger partial charge in [-0.15, -0.1) is 23.5 Å². The lowest BCUT2D eigenvalue weighted by Crippen LogP contribution is -2.51. The van der Waals surface area contributed by atoms with Crippen molar-refractivity contribution in [1.82, 2.24) is 4.48 Å². The number of aromatic nitrogens is 1. The van der Waals surface area contributed by atoms with E-state index in [0.717, 1.165) is 39.4 Å². The van der Waals surface area contributed by atoms with Crippen LogP contribution in [0.25, 0.3) is 5.57 Å². The molecule has 0 unspecified atom stereocenters. The first-order valence-corrected chi connectivity index (χ1v) is 12.5. The summed E-state index contributed by atoms with van der Waals surface area (Å²) in [6.07, 6.45) is 1.18. The number of hydrogen-bond acceptors (Lipinski definition) is 2. The monoisotopic (exact) mass is 442 g/mol. The lowest BCUT2D eigenvalue weighted by Gasteiger charge is -2.34. The van der Waals surface area contributed by atoms with Gasteiger partial charge < -0.3 is 17.6 Å². The Hall–Kier alpha value is -1.73. The van der Waals surface area contributed by atoms with Crippen LogP contribution in [-0.4, -0.2) is 37.7 Å². The van der Waals surface area contributed by atoms with Gasteiger partial charge in [-0.25, -0.2) is 0 Å². The van der Waals surface area contributed by atoms with Crippen LogP contribution in [0.2, 0.25) is 0 Å². The Bertz CT molecular complexity index is 1140. The fourth-order valence-electron chi connectivity index (χ4n) is 5.22. The van der Waals surface area contributed by atoms with Crippen LogP contribution in [0, 0.1) is 13.8 Å². The highest BCUT2D eigenvalue weighted by molar-refractivity contribution is 8.17. The van der Waals surface area contributed by atoms with Gasteiger partial charge in [-0.3, -0.25) is 0 Å². The number of nitrogens with zero attached hydrogens (tertiary/aromatic N) is 2. The summed E-state index contributed by atoms with van der Waals surface area (Å²) >= 11 is 3.79. The van der Waals surface area contributed by atoms with Crippen LogP contribution in [-0.2, 0) is 0 Å². The van der Waals surface area contributed by atoms with Crippen molar-refractivity contribution in [2.75, 3.05) is 11.5 Å². The van der Waals surface area contributed by atoms with Crippen LogP contribution in [0.5, 0.6) is 0 Å². The number of rotatable bonds is 2. The van der Waals surface area contributed by atoms with Crippen molar-refractivity contribution in [3.05, 3.63) is 75.8 Å². The molecule has 7 heteroatoms. The molecule has 0 atom stereocenters. The fraction of sp³-hybridized carbons (Fsp3) is 0.348. The second kappa shape index (κ2) is 7.16. The van der Waals surface area contributed by atoms with Crippen LogP contribution in [0.15, 0.2) is 53.2 Å². The maximum absolute atomic E-state index is 16.1. The topological polar surface area (TPSA) is 7.94 Å². The average Bonchev–Trinajstić information content (AvgIpc) is 3.17. The van der Waals surface area contributed by atoms with E-state index in [2.05, 4.69) is 0 Å². The van der Waals surface area contributed by atoms with Gasteiger partial charge in [0.15, 0.2) is 5.70 Å². The Kier molecular flexibility index (Phi) is 4.82. The minimum atomic E-state index is -3.96. The molecule has 1 saturated heterocycles. The molecule has 1 fully saturated rings. The van der Waals surface area contributed by atoms with E-state index in [-0.39, 0.29) is 4.58 Å². The Labute approximate surface area is 185 Å². The van der Waals surface area contributed by atoms with Crippen LogP contribution < -0.4 is 0 Å². The van der Waals surface area contributed by atoms with Gasteiger partial charge in [0.1, 0.15) is 5.71 Å². The first-order valence-electron chi connectivity index (χ1n) is 10.4. The number of fused-ring (bicyclic) bond motifs is 2. The Morgan fingerprint density at radius 3 is 2.37 bits per heavy atom. The molecule has 0 saturated carbocycles. The minimum absolute atomic E-state index is 0.224. The van der Waals surface area contributed by atoms with E-state index < -0.39 is 6.97 Å². The molecule has 0 bridgehead atoms. The highest BCUT2D eigenvalue weighted by Crippen LogP contribution is 2.48. The number of benzene rings is 1. The molecule has 1 aromatic heterocycles. The summed E-state index contributed by atoms with van der Waals surface area (Å²) in [5.41, 5.74) is 7.59. The molecule has 0 radical (unpaired) electrons. The molecule has 30 heavy (non-hydrogen) atoms. The van der Waals surface area contributed by atoms with E-state index >= 15 is 8.63 Å². The third kappa shape index (κ3) is 2.74. The van der Waals surface area contributed by atoms with Crippen molar-refractivity contribution in [2.24, 2.45) is 0 Å². The van der Waals surface area contributed by atoms with Crippen LogP contribution in [0.4, 0.5) is 8.63 Å². The highest BCUT2D eigenvalue weighted by Gasteiger charge is 2.57. The summed E-state index contributed by atoms with van der Waals surface area (Å²) in [5, 5.41) is 0. The molecule has 156 valence electrons. The molecule has 2 aromatic rings. The van der Waals surface area contributed by atoms with Crippen molar-refractivity contribution in [1.29, 1.82) is 0 Å². The Morgan fingerprint density at radius 2 is 1.70 bits per heavy atom. The standard InChI is InChI=1S/C23H25BF2N2S2/c1-14-13-15(2)27-21(14)20(18-9-6-5-7-10-18)22-16(3)19(23-29-11-8-12-30-23)17(4)28(22)24(27,25)26/h5-7,9-10,13,23H,8,11-12H2,1-4H3. The highest BCUT2D eigenvalue weighted by atomic mass is 32.2. The molecular formula is C23H25BF2N2S2. The molecule has 2 nitrogen and oxygen atoms in total. The third-order valence-electron chi connectivity index (χ3n) is 6.39. The van der Waals surface area contributed by atoms with E-state index in [9.17, 15) is 0 Å². The van der Waals surface area contributed by atoms with Crippen LogP contribution >= 0.6 is 23.5 Å². The summed E-state index contributed by atoms with van der Waals surface area (Å²) in [6, 6.07) is 11.9. The molecule has 0 spiro atoms. The molecular weight excluding hydrogens is 417 g/mol. The van der Waals surface area contributed by atoms with Gasteiger partial charge in [-0.2, -0.15) is 0 Å². The first-order chi connectivity index (χ1) is 14.3. The number of hydrogen-bond donors (Lipinski definition) is 0. The molecule has 0 amide bonds. The maximum atomic E-state index is 16.1. The zero-order valence-corrected chi connectivity index (χ0v) is 19.3. The molecule has 4 heterocycles. The van der Waals surface area contributed by atoms with Crippen molar-refractivity contribution in [3.63, 3.8) is 0 Å². The SMILES string of the molecule is CC1=C(C2SCCCS2)C(C)=[N+]2C1=C(c1ccccc1)c1c(C)cc(C)n1[B-]2(F)F. The molecule has 0 aliphatic carbocycles. The first kappa shape index (κ1) is 20.2. The largest absolute Gasteiger partial charge is 0.737 e. The minimum Gasteiger partial charge on any atom is -0.393 e. The van der Waals surface area contributed by atoms with Gasteiger partial charge in [0.05, 0.1) is 10.2 Å². The summed E-state index contributed by atoms with van der Waals surface area (Å²) in [6.45, 7) is 3.71. The van der Waals surface area contributed by atoms with Crippen molar-refractivity contribution in [2.45, 2.75) is 38.7 Å². The van der Waals surface area contributed by atoms with E-state index in [1.54, 1.807) is 6.92 Å². The van der Waals surface area contributed by atoms with Crippen molar-refractivity contribution < 1.29 is 13.1 Å². The van der Waals surface area contributed by atoms with Crippen LogP contribution in [0.1, 0.15) is 42.8 Å². The second-order valence-corrected chi connectivity index (χ2v) is 11.0. The predicted molar refractivity (Wildman–Crippen MR) is 127 cm³/mol. The van der Waals surface area contributed by atoms with Gasteiger partial charge in [-0.05, 0) is 61.6 Å². The maximum Gasteiger partial charge on any atom is 0.737 e. The van der Waals surface area contributed by atoms with Gasteiger partial charge in [0, 0.05) is 23.8 Å². The number of aryl methyl sites for hydroxylation is 2. The molecule has 3 aliphatic rings. The average molecular weight is 442 g/mol. The fourth-order valence-corrected chi connectivity index (χ4v) is 8.44. The summed E-state index contributed by atoms with van der Waals surface area (Å²) in [5.74, 6) is 2.18. The van der Waals surface area contributed by atoms with E-state index in [4.69, 9.17) is 0 Å². The Morgan fingerprint density at radius 1 is 1.03 bits per heavy atom. The summed E-state index contributed by atoms with van der Waals surface area (Å²) < 4.78 is 35.2. The van der Waals surface area contributed by atoms with E-state index in [1.165, 1.54) is 15.4 Å². The van der Waals surface area contributed by atoms with Gasteiger partial charge in [0.25, 0.3) is 0 Å². The van der Waals surface area contributed by atoms with Gasteiger partial charge in [-0.1, -0.05) is 30.3 Å². The van der Waals surface area contributed by atoms with Crippen molar-refractivity contribution in [3.8, 4) is 0 Å². The predicted octanol–water partition coefficient (Wildman–Crippen LogP) is 6.10. The Balaban J connectivity index is 1.87. The summed E-state index contributed by atoms with van der Waals surface area (Å²) in [4.78, 5) is 0. The zero-order chi connectivity index (χ0) is 21.2. The smallest absolute Gasteiger partial charge is 0.393 e. The zero-order valence-electron chi connectivity index (χ0n) is 17.7. The number of thioether (sulfide) groups is 2. The lowest BCUT2D eigenvalue weighted by molar-refractivity contribution is -0.363. The lowest BCUT2D eigenvalue weighted by atomic mass is 9.84. The van der Waals surface area contributed by atoms with Crippen LogP contribution in [0.3, 0.4) is 0 Å². The molecule has 5 rings (SSSR count). The van der Waals surface area contributed by atoms with Crippen molar-refractivity contribution >= 4 is 41.8 Å². The number of halogens is 2. The van der Waals surface area contributed by atoms with E-state index in [0.29, 0.717) is 22.8 Å². The van der Waals surface area contributed by atoms with Gasteiger partial charge >= 0.3 is 6.97 Å². The quantitative estimate of drug-likeness (QED) is 0.520. The second-order valence-electron chi connectivity index (χ2n) is 8.29.